The van der Waals surface area contributed by atoms with Crippen LogP contribution in [0.2, 0.25) is 0 Å². The zero-order valence-corrected chi connectivity index (χ0v) is 11.8. The molecule has 1 aromatic carbocycles. The number of H-pyrrole nitrogens is 1. The molecule has 0 atom stereocenters. The first-order valence-corrected chi connectivity index (χ1v) is 6.88. The Morgan fingerprint density at radius 2 is 2.11 bits per heavy atom. The number of pyridine rings is 1. The molecule has 0 radical (unpaired) electrons. The molecule has 96 valence electrons. The fraction of sp³-hybridized carbons (Fsp3) is 0.143. The van der Waals surface area contributed by atoms with E-state index in [1.54, 1.807) is 12.5 Å². The normalized spacial score (nSPS) is 10.8. The van der Waals surface area contributed by atoms with E-state index >= 15 is 0 Å². The van der Waals surface area contributed by atoms with Crippen molar-refractivity contribution in [1.82, 2.24) is 15.0 Å². The van der Waals surface area contributed by atoms with Gasteiger partial charge in [0.05, 0.1) is 17.4 Å². The fourth-order valence-corrected chi connectivity index (χ4v) is 2.19. The lowest BCUT2D eigenvalue weighted by Crippen LogP contribution is -2.05. The third-order valence-corrected chi connectivity index (χ3v) is 3.40. The summed E-state index contributed by atoms with van der Waals surface area (Å²) in [6.07, 6.45) is 4.46. The van der Waals surface area contributed by atoms with Gasteiger partial charge in [-0.3, -0.25) is 0 Å². The molecule has 2 heterocycles. The number of rotatable bonds is 4. The minimum absolute atomic E-state index is 0.855. The Morgan fingerprint density at radius 3 is 2.95 bits per heavy atom. The largest absolute Gasteiger partial charge is 0.370 e. The molecule has 2 N–H and O–H groups in total. The van der Waals surface area contributed by atoms with Crippen LogP contribution in [-0.4, -0.2) is 21.5 Å². The van der Waals surface area contributed by atoms with Crippen molar-refractivity contribution in [1.29, 1.82) is 0 Å². The highest BCUT2D eigenvalue weighted by Gasteiger charge is 1.99. The molecule has 4 nitrogen and oxygen atoms in total. The number of anilines is 1. The summed E-state index contributed by atoms with van der Waals surface area (Å²) >= 11 is 3.37. The summed E-state index contributed by atoms with van der Waals surface area (Å²) in [5.74, 6) is 0.894. The van der Waals surface area contributed by atoms with Crippen LogP contribution in [-0.2, 0) is 6.42 Å². The molecule has 0 spiro atoms. The molecule has 0 fully saturated rings. The minimum Gasteiger partial charge on any atom is -0.370 e. The molecular formula is C14H13BrN4. The zero-order chi connectivity index (χ0) is 13.1. The van der Waals surface area contributed by atoms with Crippen LogP contribution in [0.3, 0.4) is 0 Å². The molecule has 0 aliphatic carbocycles. The molecule has 19 heavy (non-hydrogen) atoms. The molecule has 0 aliphatic heterocycles. The van der Waals surface area contributed by atoms with Crippen LogP contribution in [0.15, 0.2) is 47.3 Å². The summed E-state index contributed by atoms with van der Waals surface area (Å²) in [6, 6.07) is 10.2. The molecule has 0 bridgehead atoms. The number of fused-ring (bicyclic) bond motifs is 1. The fourth-order valence-electron chi connectivity index (χ4n) is 1.95. The molecule has 3 rings (SSSR count). The first kappa shape index (κ1) is 12.2. The highest BCUT2D eigenvalue weighted by atomic mass is 79.9. The highest BCUT2D eigenvalue weighted by molar-refractivity contribution is 9.10. The lowest BCUT2D eigenvalue weighted by atomic mass is 10.1. The van der Waals surface area contributed by atoms with Gasteiger partial charge in [-0.1, -0.05) is 6.07 Å². The van der Waals surface area contributed by atoms with Gasteiger partial charge in [0, 0.05) is 17.2 Å². The number of nitrogens with zero attached hydrogens (tertiary/aromatic N) is 2. The summed E-state index contributed by atoms with van der Waals surface area (Å²) in [4.78, 5) is 11.6. The number of halogens is 1. The van der Waals surface area contributed by atoms with Crippen LogP contribution in [0.5, 0.6) is 0 Å². The Bertz CT molecular complexity index is 675. The van der Waals surface area contributed by atoms with E-state index in [0.717, 1.165) is 34.3 Å². The molecule has 0 saturated carbocycles. The minimum atomic E-state index is 0.855. The van der Waals surface area contributed by atoms with Crippen molar-refractivity contribution in [3.05, 3.63) is 52.9 Å². The number of aromatic amines is 1. The first-order valence-electron chi connectivity index (χ1n) is 6.09. The van der Waals surface area contributed by atoms with Gasteiger partial charge in [-0.2, -0.15) is 0 Å². The van der Waals surface area contributed by atoms with Gasteiger partial charge < -0.3 is 10.3 Å². The van der Waals surface area contributed by atoms with Gasteiger partial charge in [0.25, 0.3) is 0 Å². The summed E-state index contributed by atoms with van der Waals surface area (Å²) in [7, 11) is 0. The summed E-state index contributed by atoms with van der Waals surface area (Å²) in [5, 5.41) is 3.30. The second kappa shape index (κ2) is 5.40. The number of aromatic nitrogens is 3. The molecule has 0 saturated heterocycles. The second-order valence-corrected chi connectivity index (χ2v) is 5.21. The average molecular weight is 317 g/mol. The standard InChI is InChI=1S/C14H13BrN4/c15-11-2-4-14(17-8-11)16-6-5-10-1-3-12-13(7-10)19-9-18-12/h1-4,7-9H,5-6H2,(H,16,17)(H,18,19). The predicted molar refractivity (Wildman–Crippen MR) is 80.2 cm³/mol. The molecule has 2 aromatic heterocycles. The van der Waals surface area contributed by atoms with Crippen LogP contribution in [0.1, 0.15) is 5.56 Å². The SMILES string of the molecule is Brc1ccc(NCCc2ccc3nc[nH]c3c2)nc1. The smallest absolute Gasteiger partial charge is 0.125 e. The average Bonchev–Trinajstić information content (AvgIpc) is 2.88. The van der Waals surface area contributed by atoms with E-state index in [1.165, 1.54) is 5.56 Å². The first-order chi connectivity index (χ1) is 9.31. The van der Waals surface area contributed by atoms with Crippen molar-refractivity contribution in [2.75, 3.05) is 11.9 Å². The highest BCUT2D eigenvalue weighted by Crippen LogP contribution is 2.13. The molecule has 0 amide bonds. The Labute approximate surface area is 119 Å². The monoisotopic (exact) mass is 316 g/mol. The van der Waals surface area contributed by atoms with Gasteiger partial charge in [0.1, 0.15) is 5.82 Å². The van der Waals surface area contributed by atoms with Gasteiger partial charge in [-0.15, -0.1) is 0 Å². The molecule has 3 aromatic rings. The van der Waals surface area contributed by atoms with Crippen molar-refractivity contribution in [2.45, 2.75) is 6.42 Å². The molecule has 0 unspecified atom stereocenters. The van der Waals surface area contributed by atoms with E-state index in [2.05, 4.69) is 48.3 Å². The van der Waals surface area contributed by atoms with Crippen molar-refractivity contribution < 1.29 is 0 Å². The molecule has 5 heteroatoms. The van der Waals surface area contributed by atoms with Crippen LogP contribution in [0, 0.1) is 0 Å². The number of nitrogens with one attached hydrogen (secondary N) is 2. The van der Waals surface area contributed by atoms with Gasteiger partial charge in [0.2, 0.25) is 0 Å². The number of imidazole rings is 1. The Morgan fingerprint density at radius 1 is 1.16 bits per heavy atom. The van der Waals surface area contributed by atoms with Crippen LogP contribution in [0.25, 0.3) is 11.0 Å². The Kier molecular flexibility index (Phi) is 3.46. The van der Waals surface area contributed by atoms with E-state index in [-0.39, 0.29) is 0 Å². The maximum absolute atomic E-state index is 4.28. The maximum atomic E-state index is 4.28. The summed E-state index contributed by atoms with van der Waals surface area (Å²) < 4.78 is 0.989. The maximum Gasteiger partial charge on any atom is 0.125 e. The second-order valence-electron chi connectivity index (χ2n) is 4.29. The predicted octanol–water partition coefficient (Wildman–Crippen LogP) is 3.38. The van der Waals surface area contributed by atoms with Crippen molar-refractivity contribution in [3.63, 3.8) is 0 Å². The van der Waals surface area contributed by atoms with Gasteiger partial charge in [0.15, 0.2) is 0 Å². The topological polar surface area (TPSA) is 53.6 Å². The lowest BCUT2D eigenvalue weighted by molar-refractivity contribution is 1.01. The van der Waals surface area contributed by atoms with Crippen LogP contribution >= 0.6 is 15.9 Å². The van der Waals surface area contributed by atoms with E-state index in [0.29, 0.717) is 0 Å². The molecule has 0 aliphatic rings. The van der Waals surface area contributed by atoms with Gasteiger partial charge in [-0.25, -0.2) is 9.97 Å². The number of hydrogen-bond donors (Lipinski definition) is 2. The van der Waals surface area contributed by atoms with Crippen molar-refractivity contribution in [2.24, 2.45) is 0 Å². The van der Waals surface area contributed by atoms with E-state index in [4.69, 9.17) is 0 Å². The zero-order valence-electron chi connectivity index (χ0n) is 10.2. The quantitative estimate of drug-likeness (QED) is 0.776. The Balaban J connectivity index is 1.61. The number of benzene rings is 1. The molecular weight excluding hydrogens is 304 g/mol. The third-order valence-electron chi connectivity index (χ3n) is 2.93. The third kappa shape index (κ3) is 2.93. The van der Waals surface area contributed by atoms with Crippen molar-refractivity contribution in [3.8, 4) is 0 Å². The number of hydrogen-bond acceptors (Lipinski definition) is 3. The van der Waals surface area contributed by atoms with Crippen LogP contribution in [0.4, 0.5) is 5.82 Å². The van der Waals surface area contributed by atoms with Gasteiger partial charge in [-0.05, 0) is 52.2 Å². The van der Waals surface area contributed by atoms with E-state index < -0.39 is 0 Å². The van der Waals surface area contributed by atoms with E-state index in [1.807, 2.05) is 18.2 Å². The van der Waals surface area contributed by atoms with Gasteiger partial charge >= 0.3 is 0 Å². The van der Waals surface area contributed by atoms with E-state index in [9.17, 15) is 0 Å². The summed E-state index contributed by atoms with van der Waals surface area (Å²) in [5.41, 5.74) is 3.37. The van der Waals surface area contributed by atoms with Crippen molar-refractivity contribution >= 4 is 32.8 Å². The summed E-state index contributed by atoms with van der Waals surface area (Å²) in [6.45, 7) is 0.855. The lowest BCUT2D eigenvalue weighted by Gasteiger charge is -2.05. The Hall–Kier alpha value is -1.88. The van der Waals surface area contributed by atoms with Crippen LogP contribution < -0.4 is 5.32 Å².